The topological polar surface area (TPSA) is 149 Å². The van der Waals surface area contributed by atoms with Crippen molar-refractivity contribution >= 4 is 19.8 Å². The average Bonchev–Trinajstić information content (AvgIpc) is 3.20. The van der Waals surface area contributed by atoms with E-state index in [1.54, 1.807) is 0 Å². The van der Waals surface area contributed by atoms with Crippen LogP contribution in [0.3, 0.4) is 0 Å². The molecule has 0 heterocycles. The molecule has 57 heavy (non-hydrogen) atoms. The first-order valence-electron chi connectivity index (χ1n) is 22.6. The van der Waals surface area contributed by atoms with Crippen LogP contribution in [0.15, 0.2) is 48.6 Å². The molecule has 10 nitrogen and oxygen atoms in total. The number of esters is 2. The highest BCUT2D eigenvalue weighted by Gasteiger charge is 2.27. The van der Waals surface area contributed by atoms with E-state index >= 15 is 0 Å². The Bertz CT molecular complexity index is 1090. The molecule has 11 heteroatoms. The van der Waals surface area contributed by atoms with Crippen molar-refractivity contribution in [3.63, 3.8) is 0 Å². The Labute approximate surface area is 347 Å². The zero-order valence-corrected chi connectivity index (χ0v) is 36.9. The van der Waals surface area contributed by atoms with Gasteiger partial charge in [0, 0.05) is 12.8 Å². The van der Waals surface area contributed by atoms with Crippen molar-refractivity contribution in [3.05, 3.63) is 48.6 Å². The van der Waals surface area contributed by atoms with Crippen molar-refractivity contribution in [1.29, 1.82) is 0 Å². The van der Waals surface area contributed by atoms with Gasteiger partial charge < -0.3 is 24.6 Å². The molecule has 0 aromatic carbocycles. The number of aliphatic hydroxyl groups is 2. The zero-order chi connectivity index (χ0) is 41.9. The van der Waals surface area contributed by atoms with Gasteiger partial charge in [-0.2, -0.15) is 0 Å². The van der Waals surface area contributed by atoms with Crippen LogP contribution in [0.1, 0.15) is 194 Å². The monoisotopic (exact) mass is 827 g/mol. The lowest BCUT2D eigenvalue weighted by Gasteiger charge is -2.20. The minimum Gasteiger partial charge on any atom is -0.462 e. The number of hydrogen-bond donors (Lipinski definition) is 3. The van der Waals surface area contributed by atoms with Gasteiger partial charge in [0.2, 0.25) is 0 Å². The number of phosphoric ester groups is 1. The molecule has 0 aliphatic rings. The summed E-state index contributed by atoms with van der Waals surface area (Å²) in [4.78, 5) is 35.0. The molecular formula is C46H83O10P. The van der Waals surface area contributed by atoms with Crippen LogP contribution >= 0.6 is 7.82 Å². The Hall–Kier alpha value is -2.07. The fourth-order valence-electron chi connectivity index (χ4n) is 5.94. The van der Waals surface area contributed by atoms with E-state index in [2.05, 4.69) is 60.9 Å². The first-order valence-corrected chi connectivity index (χ1v) is 24.1. The van der Waals surface area contributed by atoms with Gasteiger partial charge in [-0.3, -0.25) is 18.6 Å². The van der Waals surface area contributed by atoms with Crippen LogP contribution in [-0.2, 0) is 32.7 Å². The third-order valence-electron chi connectivity index (χ3n) is 9.46. The van der Waals surface area contributed by atoms with Gasteiger partial charge in [-0.05, 0) is 70.6 Å². The molecule has 0 aliphatic carbocycles. The second-order valence-corrected chi connectivity index (χ2v) is 16.5. The fourth-order valence-corrected chi connectivity index (χ4v) is 6.73. The molecule has 0 radical (unpaired) electrons. The Morgan fingerprint density at radius 2 is 0.930 bits per heavy atom. The molecular weight excluding hydrogens is 743 g/mol. The van der Waals surface area contributed by atoms with Crippen LogP contribution in [-0.4, -0.2) is 65.7 Å². The third-order valence-corrected chi connectivity index (χ3v) is 10.4. The van der Waals surface area contributed by atoms with Crippen LogP contribution in [0.2, 0.25) is 0 Å². The maximum Gasteiger partial charge on any atom is 0.472 e. The summed E-state index contributed by atoms with van der Waals surface area (Å²) in [5.74, 6) is -0.986. The summed E-state index contributed by atoms with van der Waals surface area (Å²) in [7, 11) is -4.63. The van der Waals surface area contributed by atoms with Crippen molar-refractivity contribution in [3.8, 4) is 0 Å². The summed E-state index contributed by atoms with van der Waals surface area (Å²) in [6, 6.07) is 0. The quantitative estimate of drug-likeness (QED) is 0.0235. The van der Waals surface area contributed by atoms with Crippen LogP contribution in [0.5, 0.6) is 0 Å². The predicted molar refractivity (Wildman–Crippen MR) is 233 cm³/mol. The van der Waals surface area contributed by atoms with Gasteiger partial charge >= 0.3 is 19.8 Å². The largest absolute Gasteiger partial charge is 0.472 e. The van der Waals surface area contributed by atoms with E-state index < -0.39 is 51.8 Å². The maximum atomic E-state index is 12.6. The minimum absolute atomic E-state index is 0.118. The van der Waals surface area contributed by atoms with Crippen LogP contribution < -0.4 is 0 Å². The van der Waals surface area contributed by atoms with E-state index in [1.165, 1.54) is 103 Å². The van der Waals surface area contributed by atoms with Crippen LogP contribution in [0.4, 0.5) is 0 Å². The Morgan fingerprint density at radius 3 is 1.44 bits per heavy atom. The standard InChI is InChI=1S/C46H83O10P/c1-3-5-7-9-11-13-15-17-19-21-23-25-27-29-31-33-35-37-45(49)53-41-44(42-55-57(51,52)54-40-43(48)39-47)56-46(50)38-36-34-32-30-28-26-24-22-20-18-16-14-12-10-8-6-4-2/h11,13,17,19,24,26,30,32,43-44,47-48H,3-10,12,14-16,18,20-23,25,27-29,31,33-42H2,1-2H3,(H,51,52)/b13-11+,19-17+,26-24+,32-30+/t43-,44+/m0/s1. The van der Waals surface area contributed by atoms with E-state index in [0.29, 0.717) is 19.3 Å². The second kappa shape index (κ2) is 42.1. The molecule has 0 saturated carbocycles. The van der Waals surface area contributed by atoms with E-state index in [0.717, 1.165) is 44.9 Å². The number of hydrogen-bond acceptors (Lipinski definition) is 9. The van der Waals surface area contributed by atoms with Gasteiger partial charge in [-0.1, -0.05) is 159 Å². The van der Waals surface area contributed by atoms with Gasteiger partial charge in [-0.25, -0.2) is 4.57 Å². The minimum atomic E-state index is -4.63. The number of carbonyl (C=O) groups is 2. The number of rotatable bonds is 42. The second-order valence-electron chi connectivity index (χ2n) is 15.1. The highest BCUT2D eigenvalue weighted by atomic mass is 31.2. The number of phosphoric acid groups is 1. The number of aliphatic hydroxyl groups excluding tert-OH is 2. The summed E-state index contributed by atoms with van der Waals surface area (Å²) in [5.41, 5.74) is 0. The van der Waals surface area contributed by atoms with Crippen molar-refractivity contribution < 1.29 is 47.8 Å². The van der Waals surface area contributed by atoms with Crippen LogP contribution in [0, 0.1) is 0 Å². The Morgan fingerprint density at radius 1 is 0.526 bits per heavy atom. The van der Waals surface area contributed by atoms with Crippen molar-refractivity contribution in [2.24, 2.45) is 0 Å². The maximum absolute atomic E-state index is 12.6. The van der Waals surface area contributed by atoms with Crippen molar-refractivity contribution in [1.82, 2.24) is 0 Å². The molecule has 0 spiro atoms. The Kier molecular flexibility index (Phi) is 40.5. The van der Waals surface area contributed by atoms with Crippen molar-refractivity contribution in [2.75, 3.05) is 26.4 Å². The van der Waals surface area contributed by atoms with E-state index in [-0.39, 0.29) is 19.4 Å². The summed E-state index contributed by atoms with van der Waals surface area (Å²) in [5, 5.41) is 18.3. The lowest BCUT2D eigenvalue weighted by Crippen LogP contribution is -2.29. The third kappa shape index (κ3) is 41.9. The van der Waals surface area contributed by atoms with E-state index in [4.69, 9.17) is 19.1 Å². The first-order chi connectivity index (χ1) is 27.7. The molecule has 0 aromatic rings. The van der Waals surface area contributed by atoms with Gasteiger partial charge in [0.15, 0.2) is 6.10 Å². The number of allylic oxidation sites excluding steroid dienone is 8. The summed E-state index contributed by atoms with van der Waals surface area (Å²) >= 11 is 0. The average molecular weight is 827 g/mol. The van der Waals surface area contributed by atoms with Crippen molar-refractivity contribution in [2.45, 2.75) is 206 Å². The zero-order valence-electron chi connectivity index (χ0n) is 36.0. The molecule has 0 fully saturated rings. The molecule has 0 saturated heterocycles. The van der Waals surface area contributed by atoms with Gasteiger partial charge in [0.05, 0.1) is 19.8 Å². The lowest BCUT2D eigenvalue weighted by molar-refractivity contribution is -0.161. The molecule has 332 valence electrons. The van der Waals surface area contributed by atoms with Gasteiger partial charge in [0.25, 0.3) is 0 Å². The van der Waals surface area contributed by atoms with Crippen LogP contribution in [0.25, 0.3) is 0 Å². The Balaban J connectivity index is 4.35. The molecule has 0 rings (SSSR count). The molecule has 0 bridgehead atoms. The van der Waals surface area contributed by atoms with Gasteiger partial charge in [0.1, 0.15) is 12.7 Å². The number of carbonyl (C=O) groups excluding carboxylic acids is 2. The SMILES string of the molecule is CCCCC/C=C/C/C=C/CCCCCCCCCC(=O)OC[C@H](COP(=O)(O)OC[C@@H](O)CO)OC(=O)CCC/C=C/C/C=C/CCCCCCCCCCC. The lowest BCUT2D eigenvalue weighted by atomic mass is 10.1. The highest BCUT2D eigenvalue weighted by molar-refractivity contribution is 7.47. The smallest absolute Gasteiger partial charge is 0.462 e. The summed E-state index contributed by atoms with van der Waals surface area (Å²) in [6.45, 7) is 2.30. The first kappa shape index (κ1) is 54.9. The molecule has 0 amide bonds. The number of unbranched alkanes of at least 4 members (excludes halogenated alkanes) is 20. The van der Waals surface area contributed by atoms with E-state index in [1.807, 2.05) is 6.08 Å². The predicted octanol–water partition coefficient (Wildman–Crippen LogP) is 12.1. The fraction of sp³-hybridized carbons (Fsp3) is 0.783. The summed E-state index contributed by atoms with van der Waals surface area (Å²) < 4.78 is 32.7. The molecule has 3 atom stereocenters. The molecule has 1 unspecified atom stereocenters. The summed E-state index contributed by atoms with van der Waals surface area (Å²) in [6.07, 6.45) is 45.1. The molecule has 0 aromatic heterocycles. The highest BCUT2D eigenvalue weighted by Crippen LogP contribution is 2.43. The number of ether oxygens (including phenoxy) is 2. The molecule has 0 aliphatic heterocycles. The normalized spacial score (nSPS) is 14.3. The van der Waals surface area contributed by atoms with E-state index in [9.17, 15) is 24.2 Å². The molecule has 3 N–H and O–H groups in total. The van der Waals surface area contributed by atoms with Gasteiger partial charge in [-0.15, -0.1) is 0 Å².